The Labute approximate surface area is 81.7 Å². The molecule has 2 heteroatoms. The molecule has 0 aromatic carbocycles. The molecule has 0 spiro atoms. The third-order valence-corrected chi connectivity index (χ3v) is 2.82. The van der Waals surface area contributed by atoms with Gasteiger partial charge in [0.25, 0.3) is 0 Å². The van der Waals surface area contributed by atoms with Crippen molar-refractivity contribution in [3.8, 4) is 12.3 Å². The SMILES string of the molecule is C#CCNCCN(C)C1CCCC1. The maximum absolute atomic E-state index is 5.14. The average molecular weight is 180 g/mol. The standard InChI is InChI=1S/C11H20N2/c1-3-8-12-9-10-13(2)11-6-4-5-7-11/h1,11-12H,4-10H2,2H3. The molecule has 0 aromatic heterocycles. The van der Waals surface area contributed by atoms with Gasteiger partial charge >= 0.3 is 0 Å². The molecule has 1 N–H and O–H groups in total. The summed E-state index contributed by atoms with van der Waals surface area (Å²) in [4.78, 5) is 2.45. The Morgan fingerprint density at radius 2 is 2.15 bits per heavy atom. The van der Waals surface area contributed by atoms with Crippen LogP contribution in [0.3, 0.4) is 0 Å². The number of hydrogen-bond donors (Lipinski definition) is 1. The second-order valence-corrected chi connectivity index (χ2v) is 3.80. The fraction of sp³-hybridized carbons (Fsp3) is 0.818. The van der Waals surface area contributed by atoms with Crippen molar-refractivity contribution in [3.63, 3.8) is 0 Å². The molecule has 0 aromatic rings. The van der Waals surface area contributed by atoms with Crippen molar-refractivity contribution in [2.75, 3.05) is 26.7 Å². The maximum atomic E-state index is 5.14. The lowest BCUT2D eigenvalue weighted by molar-refractivity contribution is 0.247. The highest BCUT2D eigenvalue weighted by Crippen LogP contribution is 2.21. The van der Waals surface area contributed by atoms with Crippen LogP contribution in [0, 0.1) is 12.3 Å². The molecule has 74 valence electrons. The lowest BCUT2D eigenvalue weighted by Gasteiger charge is -2.23. The van der Waals surface area contributed by atoms with Crippen LogP contribution in [-0.4, -0.2) is 37.6 Å². The van der Waals surface area contributed by atoms with Gasteiger partial charge in [0.15, 0.2) is 0 Å². The van der Waals surface area contributed by atoms with Crippen LogP contribution in [0.1, 0.15) is 25.7 Å². The zero-order valence-corrected chi connectivity index (χ0v) is 8.55. The van der Waals surface area contributed by atoms with Gasteiger partial charge in [0, 0.05) is 19.1 Å². The summed E-state index contributed by atoms with van der Waals surface area (Å²) < 4.78 is 0. The molecular weight excluding hydrogens is 160 g/mol. The summed E-state index contributed by atoms with van der Waals surface area (Å²) in [5.74, 6) is 2.58. The lowest BCUT2D eigenvalue weighted by Crippen LogP contribution is -2.35. The van der Waals surface area contributed by atoms with Crippen molar-refractivity contribution in [2.45, 2.75) is 31.7 Å². The first-order valence-electron chi connectivity index (χ1n) is 5.19. The third kappa shape index (κ3) is 3.80. The van der Waals surface area contributed by atoms with Crippen LogP contribution in [0.5, 0.6) is 0 Å². The predicted octanol–water partition coefficient (Wildman–Crippen LogP) is 1.08. The Morgan fingerprint density at radius 3 is 2.77 bits per heavy atom. The molecule has 0 atom stereocenters. The summed E-state index contributed by atoms with van der Waals surface area (Å²) in [5.41, 5.74) is 0. The molecule has 2 nitrogen and oxygen atoms in total. The Balaban J connectivity index is 2.03. The number of likely N-dealkylation sites (N-methyl/N-ethyl adjacent to an activating group) is 1. The van der Waals surface area contributed by atoms with Gasteiger partial charge in [-0.3, -0.25) is 0 Å². The number of terminal acetylenes is 1. The van der Waals surface area contributed by atoms with Gasteiger partial charge in [-0.1, -0.05) is 18.8 Å². The van der Waals surface area contributed by atoms with E-state index in [0.29, 0.717) is 6.54 Å². The fourth-order valence-corrected chi connectivity index (χ4v) is 1.94. The fourth-order valence-electron chi connectivity index (χ4n) is 1.94. The summed E-state index contributed by atoms with van der Waals surface area (Å²) in [7, 11) is 2.22. The van der Waals surface area contributed by atoms with E-state index in [-0.39, 0.29) is 0 Å². The average Bonchev–Trinajstić information content (AvgIpc) is 2.65. The van der Waals surface area contributed by atoms with E-state index in [2.05, 4.69) is 23.2 Å². The van der Waals surface area contributed by atoms with E-state index in [9.17, 15) is 0 Å². The second kappa shape index (κ2) is 6.01. The third-order valence-electron chi connectivity index (χ3n) is 2.82. The first-order valence-corrected chi connectivity index (χ1v) is 5.19. The van der Waals surface area contributed by atoms with Crippen LogP contribution in [0.2, 0.25) is 0 Å². The van der Waals surface area contributed by atoms with Gasteiger partial charge in [-0.25, -0.2) is 0 Å². The highest BCUT2D eigenvalue weighted by Gasteiger charge is 2.18. The van der Waals surface area contributed by atoms with E-state index in [1.165, 1.54) is 25.7 Å². The summed E-state index contributed by atoms with van der Waals surface area (Å²) >= 11 is 0. The molecule has 1 rings (SSSR count). The minimum Gasteiger partial charge on any atom is -0.305 e. The first-order chi connectivity index (χ1) is 6.34. The minimum absolute atomic E-state index is 0.693. The molecule has 1 aliphatic rings. The van der Waals surface area contributed by atoms with E-state index >= 15 is 0 Å². The Morgan fingerprint density at radius 1 is 1.46 bits per heavy atom. The molecule has 1 aliphatic carbocycles. The topological polar surface area (TPSA) is 15.3 Å². The van der Waals surface area contributed by atoms with Crippen molar-refractivity contribution in [1.82, 2.24) is 10.2 Å². The normalized spacial score (nSPS) is 17.9. The predicted molar refractivity (Wildman–Crippen MR) is 56.6 cm³/mol. The van der Waals surface area contributed by atoms with Gasteiger partial charge in [-0.15, -0.1) is 6.42 Å². The first kappa shape index (κ1) is 10.6. The van der Waals surface area contributed by atoms with Gasteiger partial charge in [-0.05, 0) is 19.9 Å². The van der Waals surface area contributed by atoms with Crippen molar-refractivity contribution < 1.29 is 0 Å². The smallest absolute Gasteiger partial charge is 0.0574 e. The van der Waals surface area contributed by atoms with Crippen LogP contribution in [0.4, 0.5) is 0 Å². The zero-order valence-electron chi connectivity index (χ0n) is 8.55. The van der Waals surface area contributed by atoms with E-state index < -0.39 is 0 Å². The van der Waals surface area contributed by atoms with Crippen molar-refractivity contribution in [2.24, 2.45) is 0 Å². The van der Waals surface area contributed by atoms with Crippen LogP contribution >= 0.6 is 0 Å². The lowest BCUT2D eigenvalue weighted by atomic mass is 10.2. The largest absolute Gasteiger partial charge is 0.305 e. The molecule has 0 unspecified atom stereocenters. The van der Waals surface area contributed by atoms with E-state index in [4.69, 9.17) is 6.42 Å². The molecule has 0 amide bonds. The van der Waals surface area contributed by atoms with E-state index in [0.717, 1.165) is 19.1 Å². The second-order valence-electron chi connectivity index (χ2n) is 3.80. The molecule has 0 radical (unpaired) electrons. The van der Waals surface area contributed by atoms with Gasteiger partial charge in [0.05, 0.1) is 6.54 Å². The zero-order chi connectivity index (χ0) is 9.52. The number of rotatable bonds is 5. The molecule has 1 saturated carbocycles. The van der Waals surface area contributed by atoms with Crippen molar-refractivity contribution in [3.05, 3.63) is 0 Å². The quantitative estimate of drug-likeness (QED) is 0.503. The van der Waals surface area contributed by atoms with Gasteiger partial charge in [0.1, 0.15) is 0 Å². The van der Waals surface area contributed by atoms with Crippen LogP contribution in [0.25, 0.3) is 0 Å². The molecule has 13 heavy (non-hydrogen) atoms. The molecule has 1 fully saturated rings. The maximum Gasteiger partial charge on any atom is 0.0574 e. The monoisotopic (exact) mass is 180 g/mol. The minimum atomic E-state index is 0.693. The highest BCUT2D eigenvalue weighted by atomic mass is 15.1. The Bertz CT molecular complexity index is 165. The van der Waals surface area contributed by atoms with Crippen LogP contribution in [0.15, 0.2) is 0 Å². The highest BCUT2D eigenvalue weighted by molar-refractivity contribution is 4.86. The summed E-state index contributed by atoms with van der Waals surface area (Å²) in [6.45, 7) is 2.82. The Hall–Kier alpha value is -0.520. The van der Waals surface area contributed by atoms with Gasteiger partial charge in [0.2, 0.25) is 0 Å². The summed E-state index contributed by atoms with van der Waals surface area (Å²) in [5, 5.41) is 3.21. The van der Waals surface area contributed by atoms with Crippen molar-refractivity contribution in [1.29, 1.82) is 0 Å². The molecular formula is C11H20N2. The van der Waals surface area contributed by atoms with E-state index in [1.54, 1.807) is 0 Å². The van der Waals surface area contributed by atoms with Crippen LogP contribution < -0.4 is 5.32 Å². The molecule has 0 bridgehead atoms. The van der Waals surface area contributed by atoms with Gasteiger partial charge < -0.3 is 10.2 Å². The number of hydrogen-bond acceptors (Lipinski definition) is 2. The molecule has 0 aliphatic heterocycles. The van der Waals surface area contributed by atoms with Crippen molar-refractivity contribution >= 4 is 0 Å². The van der Waals surface area contributed by atoms with Crippen LogP contribution in [-0.2, 0) is 0 Å². The van der Waals surface area contributed by atoms with Gasteiger partial charge in [-0.2, -0.15) is 0 Å². The molecule has 0 saturated heterocycles. The Kier molecular flexibility index (Phi) is 4.88. The summed E-state index contributed by atoms with van der Waals surface area (Å²) in [6, 6.07) is 0.827. The number of nitrogens with one attached hydrogen (secondary N) is 1. The number of nitrogens with zero attached hydrogens (tertiary/aromatic N) is 1. The van der Waals surface area contributed by atoms with E-state index in [1.807, 2.05) is 0 Å². The molecule has 0 heterocycles. The summed E-state index contributed by atoms with van der Waals surface area (Å²) in [6.07, 6.45) is 10.7.